The molecule has 0 aliphatic carbocycles. The van der Waals surface area contributed by atoms with Gasteiger partial charge in [0.15, 0.2) is 0 Å². The highest BCUT2D eigenvalue weighted by Gasteiger charge is 2.23. The maximum absolute atomic E-state index is 10.4. The summed E-state index contributed by atoms with van der Waals surface area (Å²) in [6, 6.07) is 52.3. The van der Waals surface area contributed by atoms with E-state index in [-0.39, 0.29) is 0 Å². The van der Waals surface area contributed by atoms with Gasteiger partial charge >= 0.3 is 0 Å². The lowest BCUT2D eigenvalue weighted by atomic mass is 10.0. The average molecular weight is 585 g/mol. The molecule has 0 saturated carbocycles. The summed E-state index contributed by atoms with van der Waals surface area (Å²) < 4.78 is 4.32. The molecule has 7 aromatic carbocycles. The summed E-state index contributed by atoms with van der Waals surface area (Å²) >= 11 is 0. The molecular formula is C42H24N4. The number of hydrogen-bond acceptors (Lipinski definition) is 1. The Labute approximate surface area is 265 Å². The van der Waals surface area contributed by atoms with E-state index in [1.54, 1.807) is 0 Å². The summed E-state index contributed by atoms with van der Waals surface area (Å²) in [6.45, 7) is 8.58. The Balaban J connectivity index is 1.44. The highest BCUT2D eigenvalue weighted by Crippen LogP contribution is 2.44. The number of benzene rings is 7. The lowest BCUT2D eigenvalue weighted by molar-refractivity contribution is 1.14. The smallest absolute Gasteiger partial charge is 0.234 e. The van der Waals surface area contributed by atoms with Gasteiger partial charge < -0.3 is 9.13 Å². The summed E-state index contributed by atoms with van der Waals surface area (Å²) in [7, 11) is 0. The van der Waals surface area contributed by atoms with Gasteiger partial charge in [-0.3, -0.25) is 0 Å². The van der Waals surface area contributed by atoms with Gasteiger partial charge in [0.1, 0.15) is 0 Å². The third kappa shape index (κ3) is 3.65. The molecule has 0 unspecified atom stereocenters. The molecule has 46 heavy (non-hydrogen) atoms. The van der Waals surface area contributed by atoms with E-state index in [1.807, 2.05) is 42.5 Å². The highest BCUT2D eigenvalue weighted by atomic mass is 15.0. The number of nitriles is 1. The van der Waals surface area contributed by atoms with Gasteiger partial charge in [0.2, 0.25) is 5.69 Å². The first-order valence-electron chi connectivity index (χ1n) is 15.2. The van der Waals surface area contributed by atoms with Crippen molar-refractivity contribution in [2.24, 2.45) is 0 Å². The van der Waals surface area contributed by atoms with Crippen LogP contribution in [0, 0.1) is 17.9 Å². The topological polar surface area (TPSA) is 38.0 Å². The summed E-state index contributed by atoms with van der Waals surface area (Å²) in [6.07, 6.45) is 0. The van der Waals surface area contributed by atoms with Crippen LogP contribution < -0.4 is 0 Å². The number of para-hydroxylation sites is 2. The Morgan fingerprint density at radius 3 is 1.74 bits per heavy atom. The summed E-state index contributed by atoms with van der Waals surface area (Å²) in [5, 5.41) is 17.1. The van der Waals surface area contributed by atoms with Gasteiger partial charge in [0, 0.05) is 21.5 Å². The lowest BCUT2D eigenvalue weighted by Gasteiger charge is -2.17. The van der Waals surface area contributed by atoms with Crippen LogP contribution in [0.25, 0.3) is 81.7 Å². The molecule has 0 aliphatic heterocycles. The zero-order chi connectivity index (χ0) is 30.8. The number of hydrogen-bond donors (Lipinski definition) is 0. The molecule has 0 spiro atoms. The third-order valence-electron chi connectivity index (χ3n) is 9.13. The molecule has 212 valence electrons. The highest BCUT2D eigenvalue weighted by molar-refractivity contribution is 6.22. The Hall–Kier alpha value is -6.62. The maximum Gasteiger partial charge on any atom is 0.234 e. The van der Waals surface area contributed by atoms with Crippen molar-refractivity contribution >= 4 is 60.1 Å². The second-order valence-corrected chi connectivity index (χ2v) is 11.6. The number of fused-ring (bicyclic) bond motifs is 8. The van der Waals surface area contributed by atoms with Crippen molar-refractivity contribution in [3.8, 4) is 28.6 Å². The minimum Gasteiger partial charge on any atom is -0.319 e. The molecule has 2 aromatic heterocycles. The standard InChI is InChI=1S/C42H24N4/c1-44-42-39(45-35-17-9-7-15-32(35)33-16-8-10-18-36(33)45)23-27(26-43)24-40(42)46-37-21-20-30(28-11-3-2-4-12-28)25-34(37)41-31-14-6-5-13-29(31)19-22-38(41)46/h2-25H. The fourth-order valence-corrected chi connectivity index (χ4v) is 7.17. The third-order valence-corrected chi connectivity index (χ3v) is 9.13. The van der Waals surface area contributed by atoms with Crippen LogP contribution in [-0.2, 0) is 0 Å². The normalized spacial score (nSPS) is 11.4. The average Bonchev–Trinajstić information content (AvgIpc) is 3.64. The van der Waals surface area contributed by atoms with Gasteiger partial charge in [-0.05, 0) is 64.4 Å². The Kier molecular flexibility index (Phi) is 5.59. The van der Waals surface area contributed by atoms with Crippen LogP contribution in [0.4, 0.5) is 5.69 Å². The fraction of sp³-hybridized carbons (Fsp3) is 0. The Bertz CT molecular complexity index is 2710. The van der Waals surface area contributed by atoms with Crippen LogP contribution >= 0.6 is 0 Å². The molecule has 0 atom stereocenters. The van der Waals surface area contributed by atoms with Crippen LogP contribution in [0.5, 0.6) is 0 Å². The van der Waals surface area contributed by atoms with Crippen LogP contribution in [-0.4, -0.2) is 9.13 Å². The summed E-state index contributed by atoms with van der Waals surface area (Å²) in [4.78, 5) is 4.21. The first kappa shape index (κ1) is 25.8. The lowest BCUT2D eigenvalue weighted by Crippen LogP contribution is -2.01. The van der Waals surface area contributed by atoms with E-state index in [9.17, 15) is 5.26 Å². The van der Waals surface area contributed by atoms with E-state index in [2.05, 4.69) is 123 Å². The van der Waals surface area contributed by atoms with Crippen molar-refractivity contribution in [3.05, 3.63) is 163 Å². The molecule has 9 rings (SSSR count). The Morgan fingerprint density at radius 1 is 0.500 bits per heavy atom. The molecule has 0 radical (unpaired) electrons. The van der Waals surface area contributed by atoms with Crippen molar-refractivity contribution in [2.75, 3.05) is 0 Å². The molecule has 0 bridgehead atoms. The molecule has 4 heteroatoms. The van der Waals surface area contributed by atoms with Gasteiger partial charge in [-0.2, -0.15) is 5.26 Å². The zero-order valence-electron chi connectivity index (χ0n) is 24.6. The molecule has 2 heterocycles. The predicted molar refractivity (Wildman–Crippen MR) is 189 cm³/mol. The van der Waals surface area contributed by atoms with Crippen molar-refractivity contribution in [1.82, 2.24) is 9.13 Å². The fourth-order valence-electron chi connectivity index (χ4n) is 7.17. The molecule has 0 saturated heterocycles. The summed E-state index contributed by atoms with van der Waals surface area (Å²) in [5.41, 5.74) is 8.61. The van der Waals surface area contributed by atoms with E-state index in [1.165, 1.54) is 0 Å². The van der Waals surface area contributed by atoms with Crippen LogP contribution in [0.1, 0.15) is 5.56 Å². The first-order valence-corrected chi connectivity index (χ1v) is 15.2. The molecular weight excluding hydrogens is 560 g/mol. The van der Waals surface area contributed by atoms with Gasteiger partial charge in [-0.25, -0.2) is 4.85 Å². The second kappa shape index (κ2) is 9.96. The van der Waals surface area contributed by atoms with Gasteiger partial charge in [-0.15, -0.1) is 0 Å². The first-order chi connectivity index (χ1) is 22.7. The SMILES string of the molecule is [C-]#[N+]c1c(-n2c3ccccc3c3ccccc32)cc(C#N)cc1-n1c2ccc(-c3ccccc3)cc2c2c3ccccc3ccc21. The molecule has 0 N–H and O–H groups in total. The number of rotatable bonds is 3. The maximum atomic E-state index is 10.4. The van der Waals surface area contributed by atoms with Crippen molar-refractivity contribution in [3.63, 3.8) is 0 Å². The van der Waals surface area contributed by atoms with Crippen molar-refractivity contribution < 1.29 is 0 Å². The quantitative estimate of drug-likeness (QED) is 0.190. The molecule has 0 amide bonds. The van der Waals surface area contributed by atoms with E-state index in [0.717, 1.165) is 65.5 Å². The molecule has 0 aliphatic rings. The van der Waals surface area contributed by atoms with E-state index in [0.29, 0.717) is 22.6 Å². The van der Waals surface area contributed by atoms with E-state index < -0.39 is 0 Å². The van der Waals surface area contributed by atoms with Gasteiger partial charge in [0.05, 0.1) is 51.6 Å². The van der Waals surface area contributed by atoms with Gasteiger partial charge in [0.25, 0.3) is 0 Å². The van der Waals surface area contributed by atoms with Crippen molar-refractivity contribution in [2.45, 2.75) is 0 Å². The minimum atomic E-state index is 0.490. The van der Waals surface area contributed by atoms with Gasteiger partial charge in [-0.1, -0.05) is 103 Å². The second-order valence-electron chi connectivity index (χ2n) is 11.6. The van der Waals surface area contributed by atoms with E-state index >= 15 is 0 Å². The Morgan fingerprint density at radius 2 is 1.07 bits per heavy atom. The van der Waals surface area contributed by atoms with Crippen molar-refractivity contribution in [1.29, 1.82) is 5.26 Å². The van der Waals surface area contributed by atoms with Crippen LogP contribution in [0.2, 0.25) is 0 Å². The minimum absolute atomic E-state index is 0.490. The molecule has 0 fully saturated rings. The predicted octanol–water partition coefficient (Wildman–Crippen LogP) is 11.1. The van der Waals surface area contributed by atoms with Crippen LogP contribution in [0.3, 0.4) is 0 Å². The number of aromatic nitrogens is 2. The van der Waals surface area contributed by atoms with Crippen LogP contribution in [0.15, 0.2) is 146 Å². The molecule has 4 nitrogen and oxygen atoms in total. The zero-order valence-corrected chi connectivity index (χ0v) is 24.6. The summed E-state index contributed by atoms with van der Waals surface area (Å²) in [5.74, 6) is 0. The van der Waals surface area contributed by atoms with E-state index in [4.69, 9.17) is 6.57 Å². The largest absolute Gasteiger partial charge is 0.319 e. The molecule has 9 aromatic rings. The monoisotopic (exact) mass is 584 g/mol. The number of nitrogens with zero attached hydrogens (tertiary/aromatic N) is 4.